The van der Waals surface area contributed by atoms with Crippen molar-refractivity contribution in [1.82, 2.24) is 10.2 Å². The minimum absolute atomic E-state index is 0.00435. The monoisotopic (exact) mass is 236 g/mol. The normalized spacial score (nSPS) is 53.5. The predicted octanol–water partition coefficient (Wildman–Crippen LogP) is 0.687. The van der Waals surface area contributed by atoms with Gasteiger partial charge in [-0.05, 0) is 62.4 Å². The van der Waals surface area contributed by atoms with Gasteiger partial charge in [0.15, 0.2) is 0 Å². The Morgan fingerprint density at radius 2 is 2.18 bits per heavy atom. The molecule has 3 nitrogen and oxygen atoms in total. The molecule has 0 amide bonds. The summed E-state index contributed by atoms with van der Waals surface area (Å²) in [5.74, 6) is 3.23. The van der Waals surface area contributed by atoms with Crippen molar-refractivity contribution in [2.45, 2.75) is 37.8 Å². The van der Waals surface area contributed by atoms with Gasteiger partial charge in [-0.3, -0.25) is 4.90 Å². The summed E-state index contributed by atoms with van der Waals surface area (Å²) in [5.41, 5.74) is 0. The molecule has 6 atom stereocenters. The number of fused-ring (bicyclic) bond motifs is 1. The van der Waals surface area contributed by atoms with E-state index < -0.39 is 0 Å². The number of nitrogens with zero attached hydrogens (tertiary/aromatic N) is 1. The summed E-state index contributed by atoms with van der Waals surface area (Å²) >= 11 is 0. The summed E-state index contributed by atoms with van der Waals surface area (Å²) in [6, 6.07) is 0.528. The Hall–Kier alpha value is -0.120. The second-order valence-electron chi connectivity index (χ2n) is 6.80. The Labute approximate surface area is 104 Å². The van der Waals surface area contributed by atoms with Crippen LogP contribution in [0.3, 0.4) is 0 Å². The van der Waals surface area contributed by atoms with Gasteiger partial charge in [0.2, 0.25) is 0 Å². The Kier molecular flexibility index (Phi) is 2.50. The first kappa shape index (κ1) is 10.8. The zero-order chi connectivity index (χ0) is 11.4. The fraction of sp³-hybridized carbons (Fsp3) is 1.00. The van der Waals surface area contributed by atoms with E-state index in [9.17, 15) is 5.11 Å². The lowest BCUT2D eigenvalue weighted by molar-refractivity contribution is 0.0440. The lowest BCUT2D eigenvalue weighted by Gasteiger charge is -2.33. The van der Waals surface area contributed by atoms with Crippen LogP contribution in [-0.4, -0.2) is 48.3 Å². The molecule has 2 aliphatic heterocycles. The molecule has 2 bridgehead atoms. The average molecular weight is 236 g/mol. The second kappa shape index (κ2) is 3.94. The Bertz CT molecular complexity index is 301. The predicted molar refractivity (Wildman–Crippen MR) is 66.7 cm³/mol. The van der Waals surface area contributed by atoms with E-state index in [1.54, 1.807) is 0 Å². The number of aliphatic hydroxyl groups excluding tert-OH is 1. The molecule has 0 aromatic carbocycles. The molecule has 0 aromatic rings. The molecular formula is C14H24N2O. The molecule has 4 rings (SSSR count). The highest BCUT2D eigenvalue weighted by Crippen LogP contribution is 2.54. The van der Waals surface area contributed by atoms with Crippen molar-refractivity contribution >= 4 is 0 Å². The van der Waals surface area contributed by atoms with Gasteiger partial charge >= 0.3 is 0 Å². The summed E-state index contributed by atoms with van der Waals surface area (Å²) < 4.78 is 0. The van der Waals surface area contributed by atoms with Gasteiger partial charge in [-0.15, -0.1) is 0 Å². The van der Waals surface area contributed by atoms with E-state index in [0.29, 0.717) is 12.0 Å². The highest BCUT2D eigenvalue weighted by atomic mass is 16.3. The lowest BCUT2D eigenvalue weighted by atomic mass is 9.88. The van der Waals surface area contributed by atoms with E-state index >= 15 is 0 Å². The summed E-state index contributed by atoms with van der Waals surface area (Å²) in [7, 11) is 0. The second-order valence-corrected chi connectivity index (χ2v) is 6.80. The van der Waals surface area contributed by atoms with E-state index in [0.717, 1.165) is 17.8 Å². The number of hydrogen-bond acceptors (Lipinski definition) is 3. The molecule has 17 heavy (non-hydrogen) atoms. The van der Waals surface area contributed by atoms with Crippen molar-refractivity contribution in [1.29, 1.82) is 0 Å². The largest absolute Gasteiger partial charge is 0.391 e. The van der Waals surface area contributed by atoms with Crippen molar-refractivity contribution in [2.24, 2.45) is 23.7 Å². The molecule has 96 valence electrons. The van der Waals surface area contributed by atoms with Crippen molar-refractivity contribution < 1.29 is 5.11 Å². The first-order valence-corrected chi connectivity index (χ1v) is 7.46. The first-order valence-electron chi connectivity index (χ1n) is 7.46. The van der Waals surface area contributed by atoms with Gasteiger partial charge in [0.25, 0.3) is 0 Å². The molecule has 4 fully saturated rings. The van der Waals surface area contributed by atoms with E-state index in [-0.39, 0.29) is 6.10 Å². The first-order chi connectivity index (χ1) is 8.33. The lowest BCUT2D eigenvalue weighted by Crippen LogP contribution is -2.45. The highest BCUT2D eigenvalue weighted by Gasteiger charge is 2.58. The number of likely N-dealkylation sites (tertiary alicyclic amines) is 1. The smallest absolute Gasteiger partial charge is 0.0726 e. The van der Waals surface area contributed by atoms with Crippen molar-refractivity contribution in [3.05, 3.63) is 0 Å². The van der Waals surface area contributed by atoms with Gasteiger partial charge in [0.05, 0.1) is 6.10 Å². The number of rotatable bonds is 2. The van der Waals surface area contributed by atoms with Crippen LogP contribution in [-0.2, 0) is 0 Å². The maximum Gasteiger partial charge on any atom is 0.0726 e. The molecule has 6 unspecified atom stereocenters. The molecule has 0 radical (unpaired) electrons. The maximum atomic E-state index is 10.3. The fourth-order valence-electron chi connectivity index (χ4n) is 5.16. The molecule has 2 N–H and O–H groups in total. The zero-order valence-corrected chi connectivity index (χ0v) is 10.5. The van der Waals surface area contributed by atoms with E-state index in [1.165, 1.54) is 51.9 Å². The zero-order valence-electron chi connectivity index (χ0n) is 10.5. The van der Waals surface area contributed by atoms with Gasteiger partial charge < -0.3 is 10.4 Å². The van der Waals surface area contributed by atoms with Crippen molar-refractivity contribution in [3.63, 3.8) is 0 Å². The van der Waals surface area contributed by atoms with Crippen LogP contribution in [0, 0.1) is 23.7 Å². The van der Waals surface area contributed by atoms with Crippen molar-refractivity contribution in [3.8, 4) is 0 Å². The van der Waals surface area contributed by atoms with Crippen molar-refractivity contribution in [2.75, 3.05) is 26.2 Å². The van der Waals surface area contributed by atoms with E-state index in [2.05, 4.69) is 10.2 Å². The number of aliphatic hydroxyl groups is 1. The van der Waals surface area contributed by atoms with Gasteiger partial charge in [-0.2, -0.15) is 0 Å². The third kappa shape index (κ3) is 1.59. The quantitative estimate of drug-likeness (QED) is 0.740. The van der Waals surface area contributed by atoms with Crippen LogP contribution in [0.2, 0.25) is 0 Å². The maximum absolute atomic E-state index is 10.3. The number of nitrogens with one attached hydrogen (secondary N) is 1. The Morgan fingerprint density at radius 3 is 2.94 bits per heavy atom. The molecule has 2 saturated heterocycles. The molecule has 3 heteroatoms. The third-order valence-electron chi connectivity index (χ3n) is 5.84. The Balaban J connectivity index is 1.45. The SMILES string of the molecule is OC1C2CC3CN(CC4CCCNC4)C1C3C2. The Morgan fingerprint density at radius 1 is 1.24 bits per heavy atom. The third-order valence-corrected chi connectivity index (χ3v) is 5.84. The molecule has 4 aliphatic rings. The topological polar surface area (TPSA) is 35.5 Å². The molecule has 2 heterocycles. The fourth-order valence-corrected chi connectivity index (χ4v) is 5.16. The minimum Gasteiger partial charge on any atom is -0.391 e. The standard InChI is InChI=1S/C14H24N2O/c17-14-10-4-11-8-16(13(14)12(11)5-10)7-9-2-1-3-15-6-9/h9-15,17H,1-8H2. The summed E-state index contributed by atoms with van der Waals surface area (Å²) in [6.45, 7) is 4.90. The van der Waals surface area contributed by atoms with E-state index in [4.69, 9.17) is 0 Å². The van der Waals surface area contributed by atoms with E-state index in [1.807, 2.05) is 0 Å². The van der Waals surface area contributed by atoms with Crippen LogP contribution in [0.4, 0.5) is 0 Å². The molecule has 0 aromatic heterocycles. The minimum atomic E-state index is -0.00435. The van der Waals surface area contributed by atoms with Crippen LogP contribution in [0.15, 0.2) is 0 Å². The molecule has 2 aliphatic carbocycles. The van der Waals surface area contributed by atoms with Gasteiger partial charge in [-0.1, -0.05) is 0 Å². The molecule has 0 spiro atoms. The number of hydrogen-bond donors (Lipinski definition) is 2. The van der Waals surface area contributed by atoms with Crippen LogP contribution in [0.5, 0.6) is 0 Å². The number of piperidine rings is 1. The summed E-state index contributed by atoms with van der Waals surface area (Å²) in [4.78, 5) is 2.64. The average Bonchev–Trinajstić information content (AvgIpc) is 2.92. The molecule has 2 saturated carbocycles. The van der Waals surface area contributed by atoms with Gasteiger partial charge in [0, 0.05) is 19.1 Å². The molecular weight excluding hydrogens is 212 g/mol. The van der Waals surface area contributed by atoms with Crippen LogP contribution < -0.4 is 5.32 Å². The summed E-state index contributed by atoms with van der Waals surface area (Å²) in [5, 5.41) is 13.9. The van der Waals surface area contributed by atoms with Crippen LogP contribution in [0.1, 0.15) is 25.7 Å². The van der Waals surface area contributed by atoms with Crippen LogP contribution in [0.25, 0.3) is 0 Å². The summed E-state index contributed by atoms with van der Waals surface area (Å²) in [6.07, 6.45) is 5.33. The highest BCUT2D eigenvalue weighted by molar-refractivity contribution is 5.10. The van der Waals surface area contributed by atoms with Gasteiger partial charge in [-0.25, -0.2) is 0 Å². The van der Waals surface area contributed by atoms with Gasteiger partial charge in [0.1, 0.15) is 0 Å². The van der Waals surface area contributed by atoms with Crippen LogP contribution >= 0.6 is 0 Å².